The molecule has 0 atom stereocenters. The average molecular weight is 299 g/mol. The number of halogens is 4. The van der Waals surface area contributed by atoms with Crippen molar-refractivity contribution in [2.75, 3.05) is 0 Å². The molecule has 2 nitrogen and oxygen atoms in total. The molecule has 1 rings (SSSR count). The van der Waals surface area contributed by atoms with Crippen molar-refractivity contribution in [1.29, 1.82) is 0 Å². The van der Waals surface area contributed by atoms with E-state index in [9.17, 15) is 22.4 Å². The van der Waals surface area contributed by atoms with Gasteiger partial charge in [0.25, 0.3) is 0 Å². The lowest BCUT2D eigenvalue weighted by molar-refractivity contribution is 0.0336. The van der Waals surface area contributed by atoms with E-state index in [1.54, 1.807) is 6.92 Å². The quantitative estimate of drug-likeness (QED) is 0.511. The Bertz CT molecular complexity index is 633. The van der Waals surface area contributed by atoms with Gasteiger partial charge in [-0.05, 0) is 30.8 Å². The van der Waals surface area contributed by atoms with Crippen molar-refractivity contribution < 1.29 is 22.4 Å². The van der Waals surface area contributed by atoms with Crippen LogP contribution in [0.2, 0.25) is 0 Å². The number of allylic oxidation sites excluding steroid dienone is 4. The zero-order valence-electron chi connectivity index (χ0n) is 11.2. The van der Waals surface area contributed by atoms with Crippen LogP contribution in [0.15, 0.2) is 54.3 Å². The third kappa shape index (κ3) is 3.81. The van der Waals surface area contributed by atoms with Crippen LogP contribution in [-0.2, 0) is 0 Å². The normalized spacial score (nSPS) is 12.7. The minimum Gasteiger partial charge on any atom is -0.404 e. The number of ketones is 1. The molecule has 112 valence electrons. The standard InChI is InChI=1S/C15H13F4NO/c1-9(8-20)3-4-10(2)15(18,19)14(21)12-6-5-11(16)7-13(12)17/h3-8H,2,20H2,1H3/b4-3-,9-8-. The number of Topliss-reactive ketones (excluding diaryl/α,β-unsaturated/α-hetero) is 1. The summed E-state index contributed by atoms with van der Waals surface area (Å²) in [5, 5.41) is 0. The van der Waals surface area contributed by atoms with Crippen LogP contribution in [0.4, 0.5) is 17.6 Å². The molecule has 0 saturated heterocycles. The molecule has 0 heterocycles. The summed E-state index contributed by atoms with van der Waals surface area (Å²) in [6.45, 7) is 4.66. The minimum absolute atomic E-state index is 0.364. The zero-order chi connectivity index (χ0) is 16.2. The van der Waals surface area contributed by atoms with Crippen LogP contribution in [0.25, 0.3) is 0 Å². The van der Waals surface area contributed by atoms with Gasteiger partial charge in [0.15, 0.2) is 0 Å². The zero-order valence-corrected chi connectivity index (χ0v) is 11.2. The Hall–Kier alpha value is -2.37. The molecule has 0 spiro atoms. The van der Waals surface area contributed by atoms with Gasteiger partial charge in [-0.25, -0.2) is 8.78 Å². The Labute approximate surface area is 119 Å². The van der Waals surface area contributed by atoms with E-state index in [2.05, 4.69) is 6.58 Å². The summed E-state index contributed by atoms with van der Waals surface area (Å²) in [6.07, 6.45) is 3.34. The summed E-state index contributed by atoms with van der Waals surface area (Å²) in [6, 6.07) is 1.76. The topological polar surface area (TPSA) is 43.1 Å². The smallest absolute Gasteiger partial charge is 0.334 e. The molecule has 0 aliphatic rings. The van der Waals surface area contributed by atoms with Gasteiger partial charge in [-0.1, -0.05) is 18.7 Å². The summed E-state index contributed by atoms with van der Waals surface area (Å²) in [5.74, 6) is -8.11. The monoisotopic (exact) mass is 299 g/mol. The molecule has 0 aromatic heterocycles. The van der Waals surface area contributed by atoms with Crippen LogP contribution in [0.3, 0.4) is 0 Å². The highest BCUT2D eigenvalue weighted by Crippen LogP contribution is 2.29. The van der Waals surface area contributed by atoms with Crippen LogP contribution >= 0.6 is 0 Å². The van der Waals surface area contributed by atoms with Crippen molar-refractivity contribution in [3.63, 3.8) is 0 Å². The van der Waals surface area contributed by atoms with Crippen molar-refractivity contribution in [2.24, 2.45) is 5.73 Å². The molecular formula is C15H13F4NO. The van der Waals surface area contributed by atoms with Crippen molar-refractivity contribution in [1.82, 2.24) is 0 Å². The van der Waals surface area contributed by atoms with Crippen LogP contribution in [0.1, 0.15) is 17.3 Å². The largest absolute Gasteiger partial charge is 0.404 e. The molecule has 0 aliphatic heterocycles. The van der Waals surface area contributed by atoms with E-state index in [-0.39, 0.29) is 0 Å². The van der Waals surface area contributed by atoms with Gasteiger partial charge < -0.3 is 5.73 Å². The van der Waals surface area contributed by atoms with E-state index in [1.807, 2.05) is 0 Å². The Morgan fingerprint density at radius 2 is 1.90 bits per heavy atom. The molecule has 1 aromatic carbocycles. The Kier molecular flexibility index (Phi) is 5.07. The van der Waals surface area contributed by atoms with E-state index in [0.29, 0.717) is 17.7 Å². The summed E-state index contributed by atoms with van der Waals surface area (Å²) >= 11 is 0. The predicted octanol–water partition coefficient (Wildman–Crippen LogP) is 3.76. The fourth-order valence-corrected chi connectivity index (χ4v) is 1.38. The fraction of sp³-hybridized carbons (Fsp3) is 0.133. The van der Waals surface area contributed by atoms with Gasteiger partial charge in [0.2, 0.25) is 5.78 Å². The molecule has 0 bridgehead atoms. The van der Waals surface area contributed by atoms with Crippen LogP contribution in [0, 0.1) is 11.6 Å². The number of carbonyl (C=O) groups excluding carboxylic acids is 1. The van der Waals surface area contributed by atoms with E-state index in [0.717, 1.165) is 12.1 Å². The lowest BCUT2D eigenvalue weighted by atomic mass is 9.98. The Balaban J connectivity index is 3.09. The maximum Gasteiger partial charge on any atom is 0.334 e. The highest BCUT2D eigenvalue weighted by Gasteiger charge is 2.42. The van der Waals surface area contributed by atoms with Crippen molar-refractivity contribution >= 4 is 5.78 Å². The first-order chi connectivity index (χ1) is 9.70. The van der Waals surface area contributed by atoms with Gasteiger partial charge in [-0.15, -0.1) is 0 Å². The summed E-state index contributed by atoms with van der Waals surface area (Å²) in [7, 11) is 0. The summed E-state index contributed by atoms with van der Waals surface area (Å²) < 4.78 is 54.0. The Morgan fingerprint density at radius 3 is 2.43 bits per heavy atom. The second-order valence-electron chi connectivity index (χ2n) is 4.30. The fourth-order valence-electron chi connectivity index (χ4n) is 1.38. The number of hydrogen-bond donors (Lipinski definition) is 1. The molecular weight excluding hydrogens is 286 g/mol. The molecule has 0 saturated carbocycles. The molecule has 0 amide bonds. The third-order valence-corrected chi connectivity index (χ3v) is 2.67. The van der Waals surface area contributed by atoms with E-state index in [4.69, 9.17) is 5.73 Å². The average Bonchev–Trinajstić information content (AvgIpc) is 2.43. The van der Waals surface area contributed by atoms with Gasteiger partial charge in [0, 0.05) is 11.6 Å². The van der Waals surface area contributed by atoms with Crippen molar-refractivity contribution in [2.45, 2.75) is 12.8 Å². The number of alkyl halides is 2. The number of rotatable bonds is 5. The van der Waals surface area contributed by atoms with Crippen molar-refractivity contribution in [3.05, 3.63) is 71.5 Å². The van der Waals surface area contributed by atoms with Crippen LogP contribution < -0.4 is 5.73 Å². The van der Waals surface area contributed by atoms with Crippen LogP contribution in [-0.4, -0.2) is 11.7 Å². The number of hydrogen-bond acceptors (Lipinski definition) is 2. The molecule has 2 N–H and O–H groups in total. The van der Waals surface area contributed by atoms with Crippen LogP contribution in [0.5, 0.6) is 0 Å². The Morgan fingerprint density at radius 1 is 1.29 bits per heavy atom. The number of nitrogens with two attached hydrogens (primary N) is 1. The lowest BCUT2D eigenvalue weighted by Crippen LogP contribution is -2.30. The number of carbonyl (C=O) groups is 1. The predicted molar refractivity (Wildman–Crippen MR) is 71.9 cm³/mol. The van der Waals surface area contributed by atoms with E-state index in [1.165, 1.54) is 12.3 Å². The maximum absolute atomic E-state index is 13.9. The number of benzene rings is 1. The minimum atomic E-state index is -4.01. The summed E-state index contributed by atoms with van der Waals surface area (Å²) in [4.78, 5) is 11.7. The highest BCUT2D eigenvalue weighted by molar-refractivity contribution is 6.03. The lowest BCUT2D eigenvalue weighted by Gasteiger charge is -2.15. The molecule has 0 fully saturated rings. The van der Waals surface area contributed by atoms with Gasteiger partial charge in [-0.2, -0.15) is 8.78 Å². The highest BCUT2D eigenvalue weighted by atomic mass is 19.3. The summed E-state index contributed by atoms with van der Waals surface area (Å²) in [5.41, 5.74) is 3.93. The first kappa shape index (κ1) is 16.7. The molecule has 21 heavy (non-hydrogen) atoms. The van der Waals surface area contributed by atoms with Gasteiger partial charge in [0.1, 0.15) is 11.6 Å². The molecule has 1 aromatic rings. The van der Waals surface area contributed by atoms with E-state index < -0.39 is 34.5 Å². The van der Waals surface area contributed by atoms with Crippen molar-refractivity contribution in [3.8, 4) is 0 Å². The second kappa shape index (κ2) is 6.39. The van der Waals surface area contributed by atoms with Gasteiger partial charge >= 0.3 is 5.92 Å². The third-order valence-electron chi connectivity index (χ3n) is 2.67. The maximum atomic E-state index is 13.9. The molecule has 6 heteroatoms. The van der Waals surface area contributed by atoms with E-state index >= 15 is 0 Å². The molecule has 0 unspecified atom stereocenters. The molecule has 0 radical (unpaired) electrons. The second-order valence-corrected chi connectivity index (χ2v) is 4.30. The first-order valence-corrected chi connectivity index (χ1v) is 5.83. The van der Waals surface area contributed by atoms with Gasteiger partial charge in [0.05, 0.1) is 5.56 Å². The first-order valence-electron chi connectivity index (χ1n) is 5.83. The SMILES string of the molecule is C=C(/C=C\C(C)=C/N)C(F)(F)C(=O)c1ccc(F)cc1F. The van der Waals surface area contributed by atoms with Gasteiger partial charge in [-0.3, -0.25) is 4.79 Å². The molecule has 0 aliphatic carbocycles.